The van der Waals surface area contributed by atoms with E-state index in [1.807, 2.05) is 0 Å². The van der Waals surface area contributed by atoms with Gasteiger partial charge in [0, 0.05) is 31.6 Å². The van der Waals surface area contributed by atoms with Crippen molar-refractivity contribution in [3.63, 3.8) is 0 Å². The topological polar surface area (TPSA) is 44.0 Å². The molecule has 0 N–H and O–H groups in total. The van der Waals surface area contributed by atoms with Crippen molar-refractivity contribution in [2.45, 2.75) is 5.75 Å². The van der Waals surface area contributed by atoms with E-state index in [-0.39, 0.29) is 11.2 Å². The minimum absolute atomic E-state index is 0.270. The summed E-state index contributed by atoms with van der Waals surface area (Å²) in [5, 5.41) is 0. The van der Waals surface area contributed by atoms with Crippen LogP contribution < -0.4 is 11.2 Å². The van der Waals surface area contributed by atoms with Crippen LogP contribution in [-0.2, 0) is 19.8 Å². The van der Waals surface area contributed by atoms with Gasteiger partial charge in [-0.25, -0.2) is 4.79 Å². The number of aromatic nitrogens is 2. The zero-order valence-electron chi connectivity index (χ0n) is 6.94. The van der Waals surface area contributed by atoms with Gasteiger partial charge in [0.2, 0.25) is 0 Å². The van der Waals surface area contributed by atoms with E-state index in [9.17, 15) is 9.59 Å². The Labute approximate surface area is 74.9 Å². The summed E-state index contributed by atoms with van der Waals surface area (Å²) in [6.45, 7) is 0. The van der Waals surface area contributed by atoms with E-state index in [0.29, 0.717) is 11.3 Å². The molecule has 0 aromatic carbocycles. The zero-order chi connectivity index (χ0) is 9.30. The van der Waals surface area contributed by atoms with Crippen LogP contribution in [0.4, 0.5) is 0 Å². The average molecular weight is 186 g/mol. The SMILES string of the molecule is Cn1cc(CS)c(=O)n(C)c1=O. The maximum atomic E-state index is 11.3. The first-order valence-corrected chi connectivity index (χ1v) is 4.07. The Balaban J connectivity index is 3.61. The Morgan fingerprint density at radius 3 is 2.50 bits per heavy atom. The van der Waals surface area contributed by atoms with E-state index in [1.54, 1.807) is 7.05 Å². The van der Waals surface area contributed by atoms with Gasteiger partial charge in [-0.3, -0.25) is 9.36 Å². The van der Waals surface area contributed by atoms with E-state index in [2.05, 4.69) is 12.6 Å². The average Bonchev–Trinajstić information content (AvgIpc) is 2.08. The molecule has 0 unspecified atom stereocenters. The van der Waals surface area contributed by atoms with Crippen molar-refractivity contribution in [3.8, 4) is 0 Å². The van der Waals surface area contributed by atoms with E-state index in [1.165, 1.54) is 17.8 Å². The predicted octanol–water partition coefficient (Wildman–Crippen LogP) is -0.486. The first kappa shape index (κ1) is 9.12. The molecule has 0 atom stereocenters. The van der Waals surface area contributed by atoms with Crippen LogP contribution in [0, 0.1) is 0 Å². The highest BCUT2D eigenvalue weighted by Gasteiger charge is 2.03. The second-order valence-electron chi connectivity index (χ2n) is 2.57. The maximum Gasteiger partial charge on any atom is 0.330 e. The quantitative estimate of drug-likeness (QED) is 0.602. The summed E-state index contributed by atoms with van der Waals surface area (Å²) in [5.74, 6) is 0.348. The lowest BCUT2D eigenvalue weighted by Crippen LogP contribution is -2.38. The maximum absolute atomic E-state index is 11.3. The van der Waals surface area contributed by atoms with Gasteiger partial charge in [-0.1, -0.05) is 0 Å². The summed E-state index contributed by atoms with van der Waals surface area (Å²) in [4.78, 5) is 22.4. The first-order chi connectivity index (χ1) is 5.57. The van der Waals surface area contributed by atoms with E-state index in [4.69, 9.17) is 0 Å². The Bertz CT molecular complexity index is 405. The number of nitrogens with zero attached hydrogens (tertiary/aromatic N) is 2. The lowest BCUT2D eigenvalue weighted by Gasteiger charge is -2.03. The van der Waals surface area contributed by atoms with Crippen molar-refractivity contribution < 1.29 is 0 Å². The third-order valence-corrected chi connectivity index (χ3v) is 2.03. The van der Waals surface area contributed by atoms with Crippen LogP contribution in [0.3, 0.4) is 0 Å². The van der Waals surface area contributed by atoms with Crippen LogP contribution in [-0.4, -0.2) is 9.13 Å². The van der Waals surface area contributed by atoms with Crippen LogP contribution in [0.1, 0.15) is 5.56 Å². The highest BCUT2D eigenvalue weighted by Crippen LogP contribution is 1.91. The van der Waals surface area contributed by atoms with Crippen molar-refractivity contribution in [1.82, 2.24) is 9.13 Å². The third kappa shape index (κ3) is 1.32. The van der Waals surface area contributed by atoms with Gasteiger partial charge in [-0.15, -0.1) is 0 Å². The molecule has 1 aromatic heterocycles. The molecule has 0 fully saturated rings. The molecule has 0 aliphatic heterocycles. The smallest absolute Gasteiger partial charge is 0.303 e. The fourth-order valence-electron chi connectivity index (χ4n) is 0.992. The number of aryl methyl sites for hydroxylation is 1. The van der Waals surface area contributed by atoms with Crippen molar-refractivity contribution >= 4 is 12.6 Å². The zero-order valence-corrected chi connectivity index (χ0v) is 7.84. The standard InChI is InChI=1S/C7H10N2O2S/c1-8-3-5(4-12)6(10)9(2)7(8)11/h3,12H,4H2,1-2H3. The lowest BCUT2D eigenvalue weighted by atomic mass is 10.4. The number of rotatable bonds is 1. The summed E-state index contributed by atoms with van der Waals surface area (Å²) in [5.41, 5.74) is -0.0541. The van der Waals surface area contributed by atoms with Gasteiger partial charge in [-0.2, -0.15) is 12.6 Å². The van der Waals surface area contributed by atoms with Crippen LogP contribution in [0.15, 0.2) is 15.8 Å². The van der Waals surface area contributed by atoms with E-state index >= 15 is 0 Å². The third-order valence-electron chi connectivity index (χ3n) is 1.69. The fraction of sp³-hybridized carbons (Fsp3) is 0.429. The minimum atomic E-state index is -0.314. The van der Waals surface area contributed by atoms with Gasteiger partial charge < -0.3 is 4.57 Å². The van der Waals surface area contributed by atoms with E-state index in [0.717, 1.165) is 4.57 Å². The highest BCUT2D eigenvalue weighted by molar-refractivity contribution is 7.79. The van der Waals surface area contributed by atoms with Crippen LogP contribution >= 0.6 is 12.6 Å². The molecule has 12 heavy (non-hydrogen) atoms. The van der Waals surface area contributed by atoms with Gasteiger partial charge in [-0.05, 0) is 0 Å². The first-order valence-electron chi connectivity index (χ1n) is 3.44. The second-order valence-corrected chi connectivity index (χ2v) is 2.89. The molecule has 0 saturated carbocycles. The van der Waals surface area contributed by atoms with Crippen LogP contribution in [0.2, 0.25) is 0 Å². The summed E-state index contributed by atoms with van der Waals surface area (Å²) in [6, 6.07) is 0. The van der Waals surface area contributed by atoms with Crippen molar-refractivity contribution in [3.05, 3.63) is 32.6 Å². The van der Waals surface area contributed by atoms with E-state index < -0.39 is 0 Å². The molecular weight excluding hydrogens is 176 g/mol. The van der Waals surface area contributed by atoms with Crippen molar-refractivity contribution in [2.75, 3.05) is 0 Å². The number of thiol groups is 1. The van der Waals surface area contributed by atoms with Gasteiger partial charge in [0.25, 0.3) is 5.56 Å². The number of hydrogen-bond donors (Lipinski definition) is 1. The molecule has 1 aromatic rings. The van der Waals surface area contributed by atoms with Gasteiger partial charge in [0.1, 0.15) is 0 Å². The molecule has 0 aliphatic rings. The van der Waals surface area contributed by atoms with Gasteiger partial charge in [0.15, 0.2) is 0 Å². The Morgan fingerprint density at radius 2 is 2.00 bits per heavy atom. The molecule has 5 heteroatoms. The molecule has 1 rings (SSSR count). The Morgan fingerprint density at radius 1 is 1.42 bits per heavy atom. The monoisotopic (exact) mass is 186 g/mol. The summed E-state index contributed by atoms with van der Waals surface area (Å²) >= 11 is 3.98. The summed E-state index contributed by atoms with van der Waals surface area (Å²) in [7, 11) is 3.06. The Kier molecular flexibility index (Phi) is 2.42. The molecule has 0 radical (unpaired) electrons. The second kappa shape index (κ2) is 3.18. The molecule has 0 bridgehead atoms. The van der Waals surface area contributed by atoms with Gasteiger partial charge >= 0.3 is 5.69 Å². The van der Waals surface area contributed by atoms with Crippen molar-refractivity contribution in [2.24, 2.45) is 14.1 Å². The van der Waals surface area contributed by atoms with Crippen LogP contribution in [0.25, 0.3) is 0 Å². The molecule has 0 amide bonds. The molecule has 0 saturated heterocycles. The predicted molar refractivity (Wildman–Crippen MR) is 49.6 cm³/mol. The number of hydrogen-bond acceptors (Lipinski definition) is 3. The highest BCUT2D eigenvalue weighted by atomic mass is 32.1. The molecule has 0 spiro atoms. The van der Waals surface area contributed by atoms with Crippen LogP contribution in [0.5, 0.6) is 0 Å². The largest absolute Gasteiger partial charge is 0.330 e. The molecular formula is C7H10N2O2S. The normalized spacial score (nSPS) is 10.2. The molecule has 4 nitrogen and oxygen atoms in total. The Hall–Kier alpha value is -0.970. The van der Waals surface area contributed by atoms with Crippen molar-refractivity contribution in [1.29, 1.82) is 0 Å². The lowest BCUT2D eigenvalue weighted by molar-refractivity contribution is 0.676. The summed E-state index contributed by atoms with van der Waals surface area (Å²) < 4.78 is 2.44. The van der Waals surface area contributed by atoms with Gasteiger partial charge in [0.05, 0.1) is 0 Å². The fourth-order valence-corrected chi connectivity index (χ4v) is 1.21. The minimum Gasteiger partial charge on any atom is -0.303 e. The molecule has 1 heterocycles. The molecule has 0 aliphatic carbocycles. The summed E-state index contributed by atoms with van der Waals surface area (Å²) in [6.07, 6.45) is 1.51. The molecule has 66 valence electrons.